The van der Waals surface area contributed by atoms with Crippen molar-refractivity contribution in [2.45, 2.75) is 13.8 Å². The molecule has 0 N–H and O–H groups in total. The average molecular weight is 555 g/mol. The van der Waals surface area contributed by atoms with Crippen LogP contribution < -0.4 is 0 Å². The zero-order chi connectivity index (χ0) is 28.8. The molecule has 0 saturated carbocycles. The zero-order valence-electron chi connectivity index (χ0n) is 24.5. The van der Waals surface area contributed by atoms with E-state index in [1.165, 1.54) is 120 Å². The van der Waals surface area contributed by atoms with Gasteiger partial charge in [0.15, 0.2) is 0 Å². The topological polar surface area (TPSA) is 0 Å². The van der Waals surface area contributed by atoms with Crippen LogP contribution in [0.1, 0.15) is 11.1 Å². The van der Waals surface area contributed by atoms with Crippen molar-refractivity contribution in [2.24, 2.45) is 0 Å². The minimum Gasteiger partial charge on any atom is -0.0616 e. The highest BCUT2D eigenvalue weighted by molar-refractivity contribution is 6.33. The van der Waals surface area contributed by atoms with E-state index in [0.717, 1.165) is 0 Å². The van der Waals surface area contributed by atoms with E-state index in [9.17, 15) is 0 Å². The summed E-state index contributed by atoms with van der Waals surface area (Å²) in [5.74, 6) is 0. The van der Waals surface area contributed by atoms with Gasteiger partial charge in [0.05, 0.1) is 0 Å². The Morgan fingerprint density at radius 2 is 0.750 bits per heavy atom. The molecule has 0 unspecified atom stereocenters. The number of benzene rings is 10. The van der Waals surface area contributed by atoms with Crippen molar-refractivity contribution in [3.8, 4) is 22.3 Å². The van der Waals surface area contributed by atoms with Crippen molar-refractivity contribution < 1.29 is 0 Å². The summed E-state index contributed by atoms with van der Waals surface area (Å²) in [5, 5.41) is 21.4. The molecule has 0 heterocycles. The molecular formula is C44H26. The van der Waals surface area contributed by atoms with Gasteiger partial charge < -0.3 is 0 Å². The number of hydrogen-bond donors (Lipinski definition) is 0. The smallest absolute Gasteiger partial charge is 0.00137 e. The summed E-state index contributed by atoms with van der Waals surface area (Å²) in [4.78, 5) is 0. The summed E-state index contributed by atoms with van der Waals surface area (Å²) in [7, 11) is 0. The van der Waals surface area contributed by atoms with Gasteiger partial charge in [-0.25, -0.2) is 0 Å². The molecule has 0 radical (unpaired) electrons. The summed E-state index contributed by atoms with van der Waals surface area (Å²) in [6.07, 6.45) is 0. The molecule has 202 valence electrons. The summed E-state index contributed by atoms with van der Waals surface area (Å²) < 4.78 is 0. The first-order valence-electron chi connectivity index (χ1n) is 15.6. The second-order valence-electron chi connectivity index (χ2n) is 13.0. The Kier molecular flexibility index (Phi) is 4.05. The Bertz CT molecular complexity index is 2940. The summed E-state index contributed by atoms with van der Waals surface area (Å²) in [6, 6.07) is 46.7. The maximum atomic E-state index is 2.46. The molecule has 0 saturated heterocycles. The lowest BCUT2D eigenvalue weighted by atomic mass is 9.89. The van der Waals surface area contributed by atoms with E-state index >= 15 is 0 Å². The van der Waals surface area contributed by atoms with Crippen molar-refractivity contribution in [2.75, 3.05) is 0 Å². The molecule has 0 amide bonds. The maximum Gasteiger partial charge on any atom is -0.00137 e. The van der Waals surface area contributed by atoms with Crippen LogP contribution in [-0.4, -0.2) is 0 Å². The SMILES string of the molecule is Cc1cc2cc3c4ccccc4c4cc5cc6c(cc5cc4c3cc2cc1C)-c1cc2cccc3ccc4ccc-6c1c4c32. The van der Waals surface area contributed by atoms with Gasteiger partial charge in [-0.05, 0) is 176 Å². The van der Waals surface area contributed by atoms with Gasteiger partial charge in [-0.2, -0.15) is 0 Å². The average Bonchev–Trinajstić information content (AvgIpc) is 3.36. The lowest BCUT2D eigenvalue weighted by Gasteiger charge is -2.14. The van der Waals surface area contributed by atoms with Crippen LogP contribution in [0, 0.1) is 13.8 Å². The van der Waals surface area contributed by atoms with Gasteiger partial charge in [-0.3, -0.25) is 0 Å². The van der Waals surface area contributed by atoms with Crippen LogP contribution in [0.4, 0.5) is 0 Å². The molecule has 0 bridgehead atoms. The number of aryl methyl sites for hydroxylation is 2. The van der Waals surface area contributed by atoms with Gasteiger partial charge >= 0.3 is 0 Å². The molecule has 0 aromatic heterocycles. The van der Waals surface area contributed by atoms with E-state index in [0.29, 0.717) is 0 Å². The highest BCUT2D eigenvalue weighted by Crippen LogP contribution is 2.53. The quantitative estimate of drug-likeness (QED) is 0.129. The van der Waals surface area contributed by atoms with Gasteiger partial charge in [-0.1, -0.05) is 78.9 Å². The molecule has 0 aliphatic heterocycles. The van der Waals surface area contributed by atoms with Crippen LogP contribution >= 0.6 is 0 Å². The van der Waals surface area contributed by atoms with Crippen LogP contribution in [0.25, 0.3) is 108 Å². The first-order valence-corrected chi connectivity index (χ1v) is 15.6. The monoisotopic (exact) mass is 554 g/mol. The standard InChI is InChI=1S/C44H26/c1-23-14-28-17-35-32-8-3-4-9-33(32)36-19-30-20-37-34-13-12-26-11-10-25-6-5-7-27-16-41(44(34)43(26)42(25)27)40(37)22-31(30)21-39(36)38(35)18-29(28)15-24(23)2/h3-22H,1-2H3. The second-order valence-corrected chi connectivity index (χ2v) is 13.0. The molecule has 1 aliphatic rings. The van der Waals surface area contributed by atoms with Gasteiger partial charge in [0, 0.05) is 0 Å². The van der Waals surface area contributed by atoms with E-state index in [-0.39, 0.29) is 0 Å². The Morgan fingerprint density at radius 3 is 1.39 bits per heavy atom. The zero-order valence-corrected chi connectivity index (χ0v) is 24.5. The Morgan fingerprint density at radius 1 is 0.273 bits per heavy atom. The van der Waals surface area contributed by atoms with E-state index in [1.807, 2.05) is 0 Å². The Hall–Kier alpha value is -5.46. The Labute approximate surface area is 254 Å². The molecule has 0 atom stereocenters. The fourth-order valence-corrected chi connectivity index (χ4v) is 8.50. The fourth-order valence-electron chi connectivity index (χ4n) is 8.50. The normalized spacial score (nSPS) is 12.8. The largest absolute Gasteiger partial charge is 0.0616 e. The highest BCUT2D eigenvalue weighted by Gasteiger charge is 2.25. The molecule has 44 heavy (non-hydrogen) atoms. The number of fused-ring (bicyclic) bond motifs is 11. The summed E-state index contributed by atoms with van der Waals surface area (Å²) in [6.45, 7) is 4.43. The molecule has 1 aliphatic carbocycles. The van der Waals surface area contributed by atoms with Gasteiger partial charge in [0.1, 0.15) is 0 Å². The Balaban J connectivity index is 1.29. The van der Waals surface area contributed by atoms with Crippen molar-refractivity contribution in [3.05, 3.63) is 132 Å². The lowest BCUT2D eigenvalue weighted by Crippen LogP contribution is -1.88. The third kappa shape index (κ3) is 2.75. The van der Waals surface area contributed by atoms with Gasteiger partial charge in [0.2, 0.25) is 0 Å². The number of hydrogen-bond acceptors (Lipinski definition) is 0. The molecule has 10 aromatic carbocycles. The van der Waals surface area contributed by atoms with E-state index in [1.54, 1.807) is 0 Å². The van der Waals surface area contributed by atoms with Crippen LogP contribution in [0.5, 0.6) is 0 Å². The molecular weight excluding hydrogens is 528 g/mol. The van der Waals surface area contributed by atoms with Crippen LogP contribution in [0.2, 0.25) is 0 Å². The van der Waals surface area contributed by atoms with Gasteiger partial charge in [0.25, 0.3) is 0 Å². The molecule has 10 aromatic rings. The minimum atomic E-state index is 1.30. The van der Waals surface area contributed by atoms with Crippen molar-refractivity contribution in [1.29, 1.82) is 0 Å². The molecule has 11 rings (SSSR count). The minimum absolute atomic E-state index is 1.30. The predicted molar refractivity (Wildman–Crippen MR) is 192 cm³/mol. The third-order valence-corrected chi connectivity index (χ3v) is 10.7. The van der Waals surface area contributed by atoms with E-state index in [2.05, 4.69) is 135 Å². The van der Waals surface area contributed by atoms with E-state index < -0.39 is 0 Å². The van der Waals surface area contributed by atoms with Crippen molar-refractivity contribution in [1.82, 2.24) is 0 Å². The van der Waals surface area contributed by atoms with Crippen molar-refractivity contribution in [3.63, 3.8) is 0 Å². The highest BCUT2D eigenvalue weighted by atomic mass is 14.3. The first-order chi connectivity index (χ1) is 21.6. The third-order valence-electron chi connectivity index (χ3n) is 10.7. The van der Waals surface area contributed by atoms with E-state index in [4.69, 9.17) is 0 Å². The summed E-state index contributed by atoms with van der Waals surface area (Å²) in [5.41, 5.74) is 8.13. The molecule has 0 fully saturated rings. The van der Waals surface area contributed by atoms with Crippen LogP contribution in [0.3, 0.4) is 0 Å². The molecule has 0 heteroatoms. The summed E-state index contributed by atoms with van der Waals surface area (Å²) >= 11 is 0. The predicted octanol–water partition coefficient (Wildman–Crippen LogP) is 12.6. The fraction of sp³-hybridized carbons (Fsp3) is 0.0455. The first kappa shape index (κ1) is 23.1. The van der Waals surface area contributed by atoms with Crippen LogP contribution in [-0.2, 0) is 0 Å². The lowest BCUT2D eigenvalue weighted by molar-refractivity contribution is 1.37. The van der Waals surface area contributed by atoms with Crippen LogP contribution in [0.15, 0.2) is 121 Å². The van der Waals surface area contributed by atoms with Gasteiger partial charge in [-0.15, -0.1) is 0 Å². The molecule has 0 spiro atoms. The molecule has 0 nitrogen and oxygen atoms in total. The maximum absolute atomic E-state index is 2.46. The number of rotatable bonds is 0. The van der Waals surface area contributed by atoms with Crippen molar-refractivity contribution >= 4 is 86.2 Å². The second kappa shape index (κ2) is 7.73.